The van der Waals surface area contributed by atoms with Gasteiger partial charge in [0.05, 0.1) is 0 Å². The van der Waals surface area contributed by atoms with Crippen molar-refractivity contribution in [3.05, 3.63) is 104 Å². The maximum Gasteiger partial charge on any atom is 0.230 e. The molecule has 0 heterocycles. The highest BCUT2D eigenvalue weighted by Crippen LogP contribution is 2.07. The molecule has 0 unspecified atom stereocenters. The first-order valence-corrected chi connectivity index (χ1v) is 9.68. The van der Waals surface area contributed by atoms with E-state index in [0.717, 1.165) is 0 Å². The fourth-order valence-electron chi connectivity index (χ4n) is 2.94. The van der Waals surface area contributed by atoms with Gasteiger partial charge in [-0.25, -0.2) is 0 Å². The van der Waals surface area contributed by atoms with Crippen LogP contribution in [0.15, 0.2) is 104 Å². The Morgan fingerprint density at radius 3 is 1.26 bits per heavy atom. The zero-order valence-corrected chi connectivity index (χ0v) is 13.9. The van der Waals surface area contributed by atoms with Crippen molar-refractivity contribution in [1.29, 1.82) is 0 Å². The molecule has 1 heteroatoms. The molecule has 0 spiro atoms. The zero-order chi connectivity index (χ0) is 16.0. The van der Waals surface area contributed by atoms with E-state index < -0.39 is 8.07 Å². The van der Waals surface area contributed by atoms with Crippen LogP contribution in [0.25, 0.3) is 0 Å². The lowest BCUT2D eigenvalue weighted by Gasteiger charge is -2.28. The van der Waals surface area contributed by atoms with E-state index in [1.165, 1.54) is 15.6 Å². The van der Waals surface area contributed by atoms with Crippen LogP contribution < -0.4 is 15.6 Å². The van der Waals surface area contributed by atoms with E-state index in [9.17, 15) is 0 Å². The molecule has 3 rings (SSSR count). The second-order valence-electron chi connectivity index (χ2n) is 5.32. The highest BCUT2D eigenvalue weighted by atomic mass is 28.3. The maximum absolute atomic E-state index is 3.79. The van der Waals surface area contributed by atoms with Crippen molar-refractivity contribution in [2.75, 3.05) is 0 Å². The number of allylic oxidation sites excluding steroid dienone is 1. The van der Waals surface area contributed by atoms with Crippen LogP contribution in [-0.2, 0) is 0 Å². The predicted molar refractivity (Wildman–Crippen MR) is 102 cm³/mol. The predicted octanol–water partition coefficient (Wildman–Crippen LogP) is 2.89. The van der Waals surface area contributed by atoms with Gasteiger partial charge in [0.15, 0.2) is 0 Å². The molecule has 0 aliphatic carbocycles. The number of benzene rings is 3. The van der Waals surface area contributed by atoms with Gasteiger partial charge in [-0.3, -0.25) is 0 Å². The minimum atomic E-state index is -2.38. The third kappa shape index (κ3) is 2.90. The topological polar surface area (TPSA) is 0 Å². The summed E-state index contributed by atoms with van der Waals surface area (Å²) >= 11 is 0. The molecule has 0 nitrogen and oxygen atoms in total. The summed E-state index contributed by atoms with van der Waals surface area (Å²) in [5.41, 5.74) is 3.60. The van der Waals surface area contributed by atoms with E-state index in [1.54, 1.807) is 6.08 Å². The molecule has 0 bridgehead atoms. The van der Waals surface area contributed by atoms with Gasteiger partial charge in [-0.05, 0) is 21.6 Å². The van der Waals surface area contributed by atoms with Gasteiger partial charge in [0.1, 0.15) is 0 Å². The van der Waals surface area contributed by atoms with Crippen LogP contribution in [0.5, 0.6) is 0 Å². The Kier molecular flexibility index (Phi) is 4.56. The summed E-state index contributed by atoms with van der Waals surface area (Å²) in [6.45, 7) is 3.79. The van der Waals surface area contributed by atoms with Gasteiger partial charge in [0.2, 0.25) is 8.07 Å². The van der Waals surface area contributed by atoms with Crippen LogP contribution in [0.2, 0.25) is 0 Å². The fourth-order valence-corrected chi connectivity index (χ4v) is 6.77. The van der Waals surface area contributed by atoms with E-state index in [-0.39, 0.29) is 0 Å². The Balaban J connectivity index is 2.37. The molecule has 0 atom stereocenters. The van der Waals surface area contributed by atoms with Gasteiger partial charge in [-0.15, -0.1) is 5.54 Å². The Morgan fingerprint density at radius 2 is 0.957 bits per heavy atom. The second kappa shape index (κ2) is 6.96. The Morgan fingerprint density at radius 1 is 0.609 bits per heavy atom. The van der Waals surface area contributed by atoms with Gasteiger partial charge < -0.3 is 0 Å². The highest BCUT2D eigenvalue weighted by Gasteiger charge is 2.37. The second-order valence-corrected chi connectivity index (χ2v) is 8.80. The van der Waals surface area contributed by atoms with E-state index in [0.29, 0.717) is 0 Å². The highest BCUT2D eigenvalue weighted by molar-refractivity contribution is 7.16. The number of hydrogen-bond donors (Lipinski definition) is 0. The van der Waals surface area contributed by atoms with E-state index in [2.05, 4.69) is 109 Å². The molecule has 3 aromatic carbocycles. The smallest absolute Gasteiger partial charge is 0.110 e. The maximum atomic E-state index is 3.79. The SMILES string of the molecule is C=CC#C[Si](c1ccccc1)(c1ccccc1)c1ccccc1. The van der Waals surface area contributed by atoms with Crippen LogP contribution in [0.4, 0.5) is 0 Å². The molecule has 0 fully saturated rings. The van der Waals surface area contributed by atoms with Gasteiger partial charge in [-0.1, -0.05) is 103 Å². The summed E-state index contributed by atoms with van der Waals surface area (Å²) in [4.78, 5) is 0. The average Bonchev–Trinajstić information content (AvgIpc) is 2.65. The molecule has 0 aliphatic rings. The van der Waals surface area contributed by atoms with Crippen molar-refractivity contribution in [3.63, 3.8) is 0 Å². The van der Waals surface area contributed by atoms with Crippen LogP contribution >= 0.6 is 0 Å². The quantitative estimate of drug-likeness (QED) is 0.396. The summed E-state index contributed by atoms with van der Waals surface area (Å²) in [6, 6.07) is 31.9. The van der Waals surface area contributed by atoms with E-state index >= 15 is 0 Å². The summed E-state index contributed by atoms with van der Waals surface area (Å²) in [7, 11) is -2.38. The van der Waals surface area contributed by atoms with Gasteiger partial charge in [-0.2, -0.15) is 0 Å². The summed E-state index contributed by atoms with van der Waals surface area (Å²) in [5, 5.41) is 3.89. The molecule has 0 aromatic heterocycles. The molecule has 0 radical (unpaired) electrons. The normalized spacial score (nSPS) is 10.4. The molecule has 3 aromatic rings. The zero-order valence-electron chi connectivity index (χ0n) is 12.9. The summed E-state index contributed by atoms with van der Waals surface area (Å²) < 4.78 is 0. The van der Waals surface area contributed by atoms with Gasteiger partial charge >= 0.3 is 0 Å². The lowest BCUT2D eigenvalue weighted by Crippen LogP contribution is -2.66. The van der Waals surface area contributed by atoms with Crippen LogP contribution in [0, 0.1) is 11.5 Å². The molecule has 0 N–H and O–H groups in total. The molecule has 0 saturated heterocycles. The first kappa shape index (κ1) is 15.1. The third-order valence-electron chi connectivity index (χ3n) is 3.98. The minimum absolute atomic E-state index is 1.30. The van der Waals surface area contributed by atoms with Crippen molar-refractivity contribution in [1.82, 2.24) is 0 Å². The Hall–Kier alpha value is -2.82. The first-order chi connectivity index (χ1) is 11.4. The molecule has 0 aliphatic heterocycles. The third-order valence-corrected chi connectivity index (χ3v) is 8.10. The minimum Gasteiger partial charge on any atom is -0.110 e. The molecule has 23 heavy (non-hydrogen) atoms. The van der Waals surface area contributed by atoms with Crippen molar-refractivity contribution < 1.29 is 0 Å². The lowest BCUT2D eigenvalue weighted by molar-refractivity contribution is 1.69. The lowest BCUT2D eigenvalue weighted by atomic mass is 10.3. The summed E-state index contributed by atoms with van der Waals surface area (Å²) in [5.74, 6) is 3.16. The summed E-state index contributed by atoms with van der Waals surface area (Å²) in [6.07, 6.45) is 1.69. The molecular formula is C22H18Si. The van der Waals surface area contributed by atoms with Crippen LogP contribution in [0.3, 0.4) is 0 Å². The van der Waals surface area contributed by atoms with Crippen LogP contribution in [-0.4, -0.2) is 8.07 Å². The van der Waals surface area contributed by atoms with Crippen molar-refractivity contribution in [2.24, 2.45) is 0 Å². The Labute approximate surface area is 139 Å². The molecule has 0 amide bonds. The molecule has 0 saturated carbocycles. The van der Waals surface area contributed by atoms with Crippen LogP contribution in [0.1, 0.15) is 0 Å². The average molecular weight is 310 g/mol. The Bertz CT molecular complexity index is 728. The fraction of sp³-hybridized carbons (Fsp3) is 0. The monoisotopic (exact) mass is 310 g/mol. The molecular weight excluding hydrogens is 292 g/mol. The van der Waals surface area contributed by atoms with Crippen molar-refractivity contribution in [2.45, 2.75) is 0 Å². The van der Waals surface area contributed by atoms with E-state index in [1.807, 2.05) is 0 Å². The standard InChI is InChI=1S/C22H18Si/c1-2-3-19-23(20-13-7-4-8-14-20,21-15-9-5-10-16-21)22-17-11-6-12-18-22/h2,4-18H,1H2. The van der Waals surface area contributed by atoms with Gasteiger partial charge in [0.25, 0.3) is 0 Å². The van der Waals surface area contributed by atoms with Gasteiger partial charge in [0, 0.05) is 0 Å². The number of hydrogen-bond acceptors (Lipinski definition) is 0. The number of rotatable bonds is 3. The largest absolute Gasteiger partial charge is 0.230 e. The van der Waals surface area contributed by atoms with Crippen molar-refractivity contribution >= 4 is 23.6 Å². The molecule has 110 valence electrons. The van der Waals surface area contributed by atoms with E-state index in [4.69, 9.17) is 0 Å². The first-order valence-electron chi connectivity index (χ1n) is 7.68. The van der Waals surface area contributed by atoms with Crippen molar-refractivity contribution in [3.8, 4) is 11.5 Å².